The number of rotatable bonds is 8. The Kier molecular flexibility index (Phi) is 6.41. The summed E-state index contributed by atoms with van der Waals surface area (Å²) >= 11 is 0. The van der Waals surface area contributed by atoms with Crippen LogP contribution in [0.15, 0.2) is 47.4 Å². The Bertz CT molecular complexity index is 973. The third-order valence-corrected chi connectivity index (χ3v) is 5.92. The molecule has 2 aromatic rings. The van der Waals surface area contributed by atoms with Gasteiger partial charge in [-0.25, -0.2) is 13.1 Å². The number of fused-ring (bicyclic) bond motifs is 1. The molecule has 29 heavy (non-hydrogen) atoms. The van der Waals surface area contributed by atoms with Crippen LogP contribution in [0.25, 0.3) is 0 Å². The lowest BCUT2D eigenvalue weighted by Crippen LogP contribution is -2.26. The van der Waals surface area contributed by atoms with Gasteiger partial charge in [-0.3, -0.25) is 4.79 Å². The molecule has 0 saturated carbocycles. The van der Waals surface area contributed by atoms with Crippen LogP contribution in [-0.4, -0.2) is 32.8 Å². The molecule has 2 aromatic carbocycles. The van der Waals surface area contributed by atoms with Crippen molar-refractivity contribution in [2.75, 3.05) is 18.7 Å². The van der Waals surface area contributed by atoms with E-state index in [4.69, 9.17) is 9.47 Å². The van der Waals surface area contributed by atoms with Gasteiger partial charge in [0.05, 0.1) is 11.0 Å². The summed E-state index contributed by atoms with van der Waals surface area (Å²) in [5.41, 5.74) is 1.15. The average Bonchev–Trinajstić information content (AvgIpc) is 3.16. The molecule has 3 rings (SSSR count). The van der Waals surface area contributed by atoms with Crippen LogP contribution in [0.5, 0.6) is 11.5 Å². The van der Waals surface area contributed by atoms with Crippen molar-refractivity contribution in [3.63, 3.8) is 0 Å². The number of nitrogens with one attached hydrogen (secondary N) is 2. The van der Waals surface area contributed by atoms with E-state index in [1.807, 2.05) is 0 Å². The van der Waals surface area contributed by atoms with Gasteiger partial charge in [-0.05, 0) is 48.4 Å². The molecule has 1 heterocycles. The fourth-order valence-corrected chi connectivity index (χ4v) is 3.75. The molecule has 1 unspecified atom stereocenters. The van der Waals surface area contributed by atoms with Crippen molar-refractivity contribution in [1.82, 2.24) is 4.72 Å². The lowest BCUT2D eigenvalue weighted by molar-refractivity contribution is -0.118. The molecule has 156 valence electrons. The maximum atomic E-state index is 12.4. The van der Waals surface area contributed by atoms with E-state index >= 15 is 0 Å². The highest BCUT2D eigenvalue weighted by Gasteiger charge is 2.18. The smallest absolute Gasteiger partial charge is 0.240 e. The second kappa shape index (κ2) is 8.81. The Morgan fingerprint density at radius 2 is 1.79 bits per heavy atom. The number of hydrogen-bond donors (Lipinski definition) is 3. The fourth-order valence-electron chi connectivity index (χ4n) is 2.70. The lowest BCUT2D eigenvalue weighted by atomic mass is 10.1. The maximum Gasteiger partial charge on any atom is 0.240 e. The van der Waals surface area contributed by atoms with E-state index < -0.39 is 16.1 Å². The topological polar surface area (TPSA) is 114 Å². The number of aliphatic hydroxyl groups excluding tert-OH is 1. The summed E-state index contributed by atoms with van der Waals surface area (Å²) in [5.74, 6) is 0.869. The zero-order chi connectivity index (χ0) is 21.0. The fraction of sp³-hybridized carbons (Fsp3) is 0.350. The Labute approximate surface area is 169 Å². The summed E-state index contributed by atoms with van der Waals surface area (Å²) in [4.78, 5) is 11.8. The standard InChI is InChI=1S/C20H24N2O6S/c1-13(2)20(24)22-15-4-6-16(7-5-15)29(25,26)21-10-9-17(23)14-3-8-18-19(11-14)28-12-27-18/h3-8,11,13,17,21,23H,9-10,12H2,1-2H3,(H,22,24). The zero-order valence-corrected chi connectivity index (χ0v) is 17.0. The first-order valence-electron chi connectivity index (χ1n) is 9.24. The maximum absolute atomic E-state index is 12.4. The lowest BCUT2D eigenvalue weighted by Gasteiger charge is -2.13. The highest BCUT2D eigenvalue weighted by molar-refractivity contribution is 7.89. The number of sulfonamides is 1. The first-order valence-corrected chi connectivity index (χ1v) is 10.7. The van der Waals surface area contributed by atoms with Crippen molar-refractivity contribution < 1.29 is 27.8 Å². The second-order valence-electron chi connectivity index (χ2n) is 6.98. The van der Waals surface area contributed by atoms with Crippen LogP contribution in [0.1, 0.15) is 31.9 Å². The van der Waals surface area contributed by atoms with Crippen LogP contribution >= 0.6 is 0 Å². The van der Waals surface area contributed by atoms with Crippen molar-refractivity contribution >= 4 is 21.6 Å². The molecule has 1 atom stereocenters. The summed E-state index contributed by atoms with van der Waals surface area (Å²) in [6.07, 6.45) is -0.651. The summed E-state index contributed by atoms with van der Waals surface area (Å²) in [5, 5.41) is 13.0. The highest BCUT2D eigenvalue weighted by atomic mass is 32.2. The van der Waals surface area contributed by atoms with Crippen LogP contribution in [-0.2, 0) is 14.8 Å². The molecule has 3 N–H and O–H groups in total. The molecule has 0 fully saturated rings. The minimum absolute atomic E-state index is 0.0593. The van der Waals surface area contributed by atoms with E-state index in [0.29, 0.717) is 22.7 Å². The van der Waals surface area contributed by atoms with Crippen LogP contribution in [0, 0.1) is 5.92 Å². The van der Waals surface area contributed by atoms with E-state index in [1.165, 1.54) is 24.3 Å². The predicted octanol–water partition coefficient (Wildman–Crippen LogP) is 2.41. The van der Waals surface area contributed by atoms with Crippen molar-refractivity contribution in [3.05, 3.63) is 48.0 Å². The van der Waals surface area contributed by atoms with Crippen molar-refractivity contribution in [1.29, 1.82) is 0 Å². The number of carbonyl (C=O) groups excluding carboxylic acids is 1. The van der Waals surface area contributed by atoms with E-state index in [0.717, 1.165) is 0 Å². The minimum atomic E-state index is -3.73. The van der Waals surface area contributed by atoms with Crippen LogP contribution in [0.3, 0.4) is 0 Å². The number of anilines is 1. The molecule has 9 heteroatoms. The molecule has 0 spiro atoms. The third kappa shape index (κ3) is 5.26. The van der Waals surface area contributed by atoms with Gasteiger partial charge in [-0.1, -0.05) is 19.9 Å². The molecular weight excluding hydrogens is 396 g/mol. The van der Waals surface area contributed by atoms with Gasteiger partial charge in [-0.15, -0.1) is 0 Å². The van der Waals surface area contributed by atoms with Gasteiger partial charge in [0.15, 0.2) is 11.5 Å². The molecule has 8 nitrogen and oxygen atoms in total. The molecule has 0 radical (unpaired) electrons. The molecule has 0 aliphatic carbocycles. The molecule has 0 saturated heterocycles. The average molecular weight is 420 g/mol. The summed E-state index contributed by atoms with van der Waals surface area (Å²) in [6, 6.07) is 11.0. The summed E-state index contributed by atoms with van der Waals surface area (Å²) in [6.45, 7) is 3.75. The van der Waals surface area contributed by atoms with E-state index in [1.54, 1.807) is 32.0 Å². The molecule has 0 aromatic heterocycles. The number of carbonyl (C=O) groups is 1. The van der Waals surface area contributed by atoms with Gasteiger partial charge in [0.1, 0.15) is 0 Å². The second-order valence-corrected chi connectivity index (χ2v) is 8.75. The molecule has 0 bridgehead atoms. The highest BCUT2D eigenvalue weighted by Crippen LogP contribution is 2.34. The number of hydrogen-bond acceptors (Lipinski definition) is 6. The predicted molar refractivity (Wildman–Crippen MR) is 107 cm³/mol. The van der Waals surface area contributed by atoms with Crippen LogP contribution in [0.2, 0.25) is 0 Å². The number of benzene rings is 2. The van der Waals surface area contributed by atoms with Gasteiger partial charge in [0.25, 0.3) is 0 Å². The van der Waals surface area contributed by atoms with E-state index in [-0.39, 0.29) is 36.5 Å². The number of amides is 1. The molecule has 1 aliphatic heterocycles. The molecule has 1 aliphatic rings. The Morgan fingerprint density at radius 3 is 2.48 bits per heavy atom. The Balaban J connectivity index is 1.55. The molecular formula is C20H24N2O6S. The SMILES string of the molecule is CC(C)C(=O)Nc1ccc(S(=O)(=O)NCCC(O)c2ccc3c(c2)OCO3)cc1. The quantitative estimate of drug-likeness (QED) is 0.604. The normalized spacial score (nSPS) is 14.1. The third-order valence-electron chi connectivity index (χ3n) is 4.45. The summed E-state index contributed by atoms with van der Waals surface area (Å²) in [7, 11) is -3.73. The monoisotopic (exact) mass is 420 g/mol. The van der Waals surface area contributed by atoms with Crippen LogP contribution < -0.4 is 19.5 Å². The van der Waals surface area contributed by atoms with E-state index in [9.17, 15) is 18.3 Å². The largest absolute Gasteiger partial charge is 0.454 e. The van der Waals surface area contributed by atoms with Gasteiger partial charge >= 0.3 is 0 Å². The van der Waals surface area contributed by atoms with Gasteiger partial charge in [0, 0.05) is 18.2 Å². The van der Waals surface area contributed by atoms with Gasteiger partial charge in [-0.2, -0.15) is 0 Å². The first kappa shape index (κ1) is 21.1. The summed E-state index contributed by atoms with van der Waals surface area (Å²) < 4.78 is 37.8. The number of ether oxygens (including phenoxy) is 2. The van der Waals surface area contributed by atoms with E-state index in [2.05, 4.69) is 10.0 Å². The Morgan fingerprint density at radius 1 is 1.10 bits per heavy atom. The van der Waals surface area contributed by atoms with Gasteiger partial charge in [0.2, 0.25) is 22.7 Å². The molecule has 1 amide bonds. The first-order chi connectivity index (χ1) is 13.8. The van der Waals surface area contributed by atoms with Gasteiger partial charge < -0.3 is 19.9 Å². The minimum Gasteiger partial charge on any atom is -0.454 e. The number of aliphatic hydroxyl groups is 1. The van der Waals surface area contributed by atoms with Crippen molar-refractivity contribution in [2.45, 2.75) is 31.3 Å². The van der Waals surface area contributed by atoms with Crippen molar-refractivity contribution in [3.8, 4) is 11.5 Å². The van der Waals surface area contributed by atoms with Crippen LogP contribution in [0.4, 0.5) is 5.69 Å². The van der Waals surface area contributed by atoms with Crippen molar-refractivity contribution in [2.24, 2.45) is 5.92 Å². The zero-order valence-electron chi connectivity index (χ0n) is 16.2. The Hall–Kier alpha value is -2.62.